The molecule has 1 fully saturated rings. The van der Waals surface area contributed by atoms with Crippen LogP contribution < -0.4 is 5.32 Å². The van der Waals surface area contributed by atoms with Crippen molar-refractivity contribution in [1.82, 2.24) is 5.32 Å². The Balaban J connectivity index is 1.86. The molecule has 0 atom stereocenters. The maximum Gasteiger partial charge on any atom is 0.223 e. The van der Waals surface area contributed by atoms with Crippen molar-refractivity contribution in [2.45, 2.75) is 64.8 Å². The summed E-state index contributed by atoms with van der Waals surface area (Å²) in [5.41, 5.74) is 2.70. The second kappa shape index (κ2) is 6.43. The number of rotatable bonds is 3. The van der Waals surface area contributed by atoms with Gasteiger partial charge in [-0.1, -0.05) is 64.3 Å². The lowest BCUT2D eigenvalue weighted by molar-refractivity contribution is -0.126. The Kier molecular flexibility index (Phi) is 4.85. The van der Waals surface area contributed by atoms with E-state index in [1.165, 1.54) is 30.4 Å². The van der Waals surface area contributed by atoms with Gasteiger partial charge in [0, 0.05) is 12.5 Å². The van der Waals surface area contributed by atoms with Crippen LogP contribution in [-0.2, 0) is 16.8 Å². The summed E-state index contributed by atoms with van der Waals surface area (Å²) in [7, 11) is 0. The average molecular weight is 273 g/mol. The molecule has 0 unspecified atom stereocenters. The van der Waals surface area contributed by atoms with Crippen molar-refractivity contribution in [1.29, 1.82) is 0 Å². The monoisotopic (exact) mass is 273 g/mol. The molecule has 1 N–H and O–H groups in total. The minimum Gasteiger partial charge on any atom is -0.352 e. The normalized spacial score (nSPS) is 16.9. The molecule has 2 heteroatoms. The van der Waals surface area contributed by atoms with Crippen LogP contribution in [0.3, 0.4) is 0 Å². The van der Waals surface area contributed by atoms with E-state index >= 15 is 0 Å². The predicted octanol–water partition coefficient (Wildman–Crippen LogP) is 4.18. The third-order valence-electron chi connectivity index (χ3n) is 4.26. The van der Waals surface area contributed by atoms with Crippen molar-refractivity contribution in [3.05, 3.63) is 35.4 Å². The molecule has 0 radical (unpaired) electrons. The van der Waals surface area contributed by atoms with Crippen LogP contribution in [-0.4, -0.2) is 5.91 Å². The zero-order valence-corrected chi connectivity index (χ0v) is 13.0. The molecule has 1 aromatic carbocycles. The second-order valence-corrected chi connectivity index (χ2v) is 7.00. The molecular formula is C18H27NO. The molecule has 1 aliphatic carbocycles. The highest BCUT2D eigenvalue weighted by Crippen LogP contribution is 2.24. The third kappa shape index (κ3) is 4.09. The van der Waals surface area contributed by atoms with E-state index in [1.54, 1.807) is 0 Å². The molecule has 20 heavy (non-hydrogen) atoms. The third-order valence-corrected chi connectivity index (χ3v) is 4.26. The van der Waals surface area contributed by atoms with Crippen LogP contribution in [0.4, 0.5) is 0 Å². The van der Waals surface area contributed by atoms with E-state index in [-0.39, 0.29) is 17.2 Å². The number of benzene rings is 1. The molecule has 0 bridgehead atoms. The fourth-order valence-electron chi connectivity index (χ4n) is 2.82. The van der Waals surface area contributed by atoms with Crippen LogP contribution >= 0.6 is 0 Å². The van der Waals surface area contributed by atoms with Crippen molar-refractivity contribution in [3.8, 4) is 0 Å². The van der Waals surface area contributed by atoms with Crippen molar-refractivity contribution in [3.63, 3.8) is 0 Å². The van der Waals surface area contributed by atoms with Crippen LogP contribution in [0.15, 0.2) is 24.3 Å². The summed E-state index contributed by atoms with van der Waals surface area (Å²) in [5, 5.41) is 3.09. The molecular weight excluding hydrogens is 246 g/mol. The molecule has 0 saturated heterocycles. The lowest BCUT2D eigenvalue weighted by Gasteiger charge is -2.21. The fraction of sp³-hybridized carbons (Fsp3) is 0.611. The molecule has 2 rings (SSSR count). The highest BCUT2D eigenvalue weighted by atomic mass is 16.1. The molecule has 1 saturated carbocycles. The highest BCUT2D eigenvalue weighted by molar-refractivity contribution is 5.78. The van der Waals surface area contributed by atoms with Gasteiger partial charge in [-0.25, -0.2) is 0 Å². The van der Waals surface area contributed by atoms with Crippen LogP contribution in [0, 0.1) is 5.92 Å². The molecule has 1 aromatic rings. The van der Waals surface area contributed by atoms with E-state index in [2.05, 4.69) is 50.4 Å². The van der Waals surface area contributed by atoms with E-state index in [0.29, 0.717) is 6.54 Å². The zero-order valence-electron chi connectivity index (χ0n) is 13.0. The largest absolute Gasteiger partial charge is 0.352 e. The zero-order chi connectivity index (χ0) is 14.6. The minimum absolute atomic E-state index is 0.184. The van der Waals surface area contributed by atoms with Gasteiger partial charge >= 0.3 is 0 Å². The van der Waals surface area contributed by atoms with Gasteiger partial charge in [0.15, 0.2) is 0 Å². The van der Waals surface area contributed by atoms with E-state index in [0.717, 1.165) is 12.8 Å². The van der Waals surface area contributed by atoms with Crippen LogP contribution in [0.2, 0.25) is 0 Å². The molecule has 110 valence electrons. The number of hydrogen-bond donors (Lipinski definition) is 1. The van der Waals surface area contributed by atoms with Crippen molar-refractivity contribution in [2.24, 2.45) is 5.92 Å². The topological polar surface area (TPSA) is 29.1 Å². The van der Waals surface area contributed by atoms with Gasteiger partial charge in [-0.05, 0) is 29.4 Å². The standard InChI is InChI=1S/C18H27NO/c1-18(2,3)16-11-9-14(10-12-16)13-19-17(20)15-7-5-4-6-8-15/h9-12,15H,4-8,13H2,1-3H3,(H,19,20). The summed E-state index contributed by atoms with van der Waals surface area (Å²) >= 11 is 0. The first-order chi connectivity index (χ1) is 9.47. The Bertz CT molecular complexity index is 435. The lowest BCUT2D eigenvalue weighted by atomic mass is 9.86. The highest BCUT2D eigenvalue weighted by Gasteiger charge is 2.20. The number of amides is 1. The summed E-state index contributed by atoms with van der Waals surface area (Å²) < 4.78 is 0. The van der Waals surface area contributed by atoms with E-state index in [4.69, 9.17) is 0 Å². The number of carbonyl (C=O) groups is 1. The van der Waals surface area contributed by atoms with Crippen LogP contribution in [0.25, 0.3) is 0 Å². The van der Waals surface area contributed by atoms with Gasteiger partial charge in [0.2, 0.25) is 5.91 Å². The van der Waals surface area contributed by atoms with Gasteiger partial charge in [-0.2, -0.15) is 0 Å². The Hall–Kier alpha value is -1.31. The lowest BCUT2D eigenvalue weighted by Crippen LogP contribution is -2.31. The van der Waals surface area contributed by atoms with Crippen molar-refractivity contribution < 1.29 is 4.79 Å². The summed E-state index contributed by atoms with van der Waals surface area (Å²) in [6.45, 7) is 7.30. The van der Waals surface area contributed by atoms with Gasteiger partial charge in [0.05, 0.1) is 0 Å². The second-order valence-electron chi connectivity index (χ2n) is 7.00. The first kappa shape index (κ1) is 15.1. The molecule has 0 spiro atoms. The Morgan fingerprint density at radius 2 is 1.70 bits per heavy atom. The minimum atomic E-state index is 0.184. The van der Waals surface area contributed by atoms with E-state index in [9.17, 15) is 4.79 Å². The van der Waals surface area contributed by atoms with Gasteiger partial charge < -0.3 is 5.32 Å². The van der Waals surface area contributed by atoms with Gasteiger partial charge in [0.25, 0.3) is 0 Å². The Morgan fingerprint density at radius 1 is 1.10 bits per heavy atom. The van der Waals surface area contributed by atoms with Gasteiger partial charge in [0.1, 0.15) is 0 Å². The van der Waals surface area contributed by atoms with Crippen LogP contribution in [0.5, 0.6) is 0 Å². The number of hydrogen-bond acceptors (Lipinski definition) is 1. The number of nitrogens with one attached hydrogen (secondary N) is 1. The maximum atomic E-state index is 12.1. The Morgan fingerprint density at radius 3 is 2.25 bits per heavy atom. The maximum absolute atomic E-state index is 12.1. The molecule has 1 aliphatic rings. The summed E-state index contributed by atoms with van der Waals surface area (Å²) in [5.74, 6) is 0.488. The molecule has 0 heterocycles. The molecule has 0 aliphatic heterocycles. The van der Waals surface area contributed by atoms with Crippen molar-refractivity contribution in [2.75, 3.05) is 0 Å². The number of carbonyl (C=O) groups excluding carboxylic acids is 1. The summed E-state index contributed by atoms with van der Waals surface area (Å²) in [6, 6.07) is 8.59. The summed E-state index contributed by atoms with van der Waals surface area (Å²) in [4.78, 5) is 12.1. The van der Waals surface area contributed by atoms with Crippen molar-refractivity contribution >= 4 is 5.91 Å². The fourth-order valence-corrected chi connectivity index (χ4v) is 2.82. The molecule has 2 nitrogen and oxygen atoms in total. The first-order valence-electron chi connectivity index (χ1n) is 7.84. The van der Waals surface area contributed by atoms with Gasteiger partial charge in [-0.3, -0.25) is 4.79 Å². The molecule has 1 amide bonds. The average Bonchev–Trinajstić information content (AvgIpc) is 2.45. The van der Waals surface area contributed by atoms with Gasteiger partial charge in [-0.15, -0.1) is 0 Å². The van der Waals surface area contributed by atoms with E-state index < -0.39 is 0 Å². The van der Waals surface area contributed by atoms with Crippen LogP contribution in [0.1, 0.15) is 64.0 Å². The molecule has 0 aromatic heterocycles. The predicted molar refractivity (Wildman–Crippen MR) is 83.6 cm³/mol. The van der Waals surface area contributed by atoms with E-state index in [1.807, 2.05) is 0 Å². The Labute approximate surface area is 123 Å². The SMILES string of the molecule is CC(C)(C)c1ccc(CNC(=O)C2CCCCC2)cc1. The first-order valence-corrected chi connectivity index (χ1v) is 7.84. The summed E-state index contributed by atoms with van der Waals surface area (Å²) in [6.07, 6.45) is 5.83. The smallest absolute Gasteiger partial charge is 0.223 e. The quantitative estimate of drug-likeness (QED) is 0.879.